The highest BCUT2D eigenvalue weighted by Gasteiger charge is 2.15. The van der Waals surface area contributed by atoms with E-state index in [1.54, 1.807) is 11.3 Å². The van der Waals surface area contributed by atoms with E-state index in [9.17, 15) is 0 Å². The first-order valence-corrected chi connectivity index (χ1v) is 6.82. The summed E-state index contributed by atoms with van der Waals surface area (Å²) in [5, 5.41) is 6.71. The van der Waals surface area contributed by atoms with Crippen LogP contribution < -0.4 is 11.1 Å². The van der Waals surface area contributed by atoms with Crippen molar-refractivity contribution in [3.63, 3.8) is 0 Å². The van der Waals surface area contributed by atoms with Gasteiger partial charge in [-0.25, -0.2) is 4.98 Å². The molecular formula is C12H23N3S. The molecular weight excluding hydrogens is 218 g/mol. The van der Waals surface area contributed by atoms with Crippen LogP contribution in [-0.2, 0) is 6.42 Å². The van der Waals surface area contributed by atoms with Crippen LogP contribution in [0.2, 0.25) is 0 Å². The first-order chi connectivity index (χ1) is 7.53. The molecule has 0 aromatic carbocycles. The van der Waals surface area contributed by atoms with Crippen LogP contribution >= 0.6 is 11.3 Å². The lowest BCUT2D eigenvalue weighted by Gasteiger charge is -2.24. The van der Waals surface area contributed by atoms with Crippen LogP contribution in [0.5, 0.6) is 0 Å². The molecule has 0 saturated heterocycles. The summed E-state index contributed by atoms with van der Waals surface area (Å²) in [5.41, 5.74) is 7.18. The quantitative estimate of drug-likeness (QED) is 0.719. The Balaban J connectivity index is 2.16. The number of aromatic nitrogens is 1. The van der Waals surface area contributed by atoms with Gasteiger partial charge in [0.2, 0.25) is 0 Å². The van der Waals surface area contributed by atoms with E-state index in [-0.39, 0.29) is 5.54 Å². The topological polar surface area (TPSA) is 50.9 Å². The third kappa shape index (κ3) is 5.05. The molecule has 3 N–H and O–H groups in total. The molecule has 0 spiro atoms. The molecule has 1 aromatic rings. The zero-order chi connectivity index (χ0) is 12.0. The van der Waals surface area contributed by atoms with E-state index in [0.29, 0.717) is 0 Å². The van der Waals surface area contributed by atoms with Crippen molar-refractivity contribution >= 4 is 11.3 Å². The van der Waals surface area contributed by atoms with Crippen molar-refractivity contribution in [2.24, 2.45) is 5.73 Å². The molecule has 0 aliphatic carbocycles. The lowest BCUT2D eigenvalue weighted by molar-refractivity contribution is 0.398. The average molecular weight is 241 g/mol. The normalized spacial score (nSPS) is 15.0. The summed E-state index contributed by atoms with van der Waals surface area (Å²) in [5.74, 6) is 0. The Morgan fingerprint density at radius 2 is 2.31 bits per heavy atom. The van der Waals surface area contributed by atoms with Crippen molar-refractivity contribution in [1.82, 2.24) is 10.3 Å². The molecule has 1 aromatic heterocycles. The maximum atomic E-state index is 6.14. The maximum absolute atomic E-state index is 6.14. The fraction of sp³-hybridized carbons (Fsp3) is 0.750. The maximum Gasteiger partial charge on any atom is 0.0940 e. The molecule has 0 fully saturated rings. The van der Waals surface area contributed by atoms with Gasteiger partial charge in [-0.1, -0.05) is 13.3 Å². The molecule has 16 heavy (non-hydrogen) atoms. The predicted octanol–water partition coefficient (Wildman–Crippen LogP) is 2.10. The number of nitrogens with one attached hydrogen (secondary N) is 1. The fourth-order valence-electron chi connectivity index (χ4n) is 1.75. The molecule has 0 aliphatic heterocycles. The average Bonchev–Trinajstić information content (AvgIpc) is 2.59. The molecule has 0 radical (unpaired) electrons. The third-order valence-electron chi connectivity index (χ3n) is 2.53. The summed E-state index contributed by atoms with van der Waals surface area (Å²) >= 11 is 1.74. The highest BCUT2D eigenvalue weighted by atomic mass is 32.1. The Morgan fingerprint density at radius 1 is 1.56 bits per heavy atom. The molecule has 92 valence electrons. The molecule has 0 aliphatic rings. The van der Waals surface area contributed by atoms with Crippen LogP contribution in [0.25, 0.3) is 0 Å². The Hall–Kier alpha value is -0.450. The largest absolute Gasteiger partial charge is 0.324 e. The highest BCUT2D eigenvalue weighted by molar-refractivity contribution is 7.09. The number of hydrogen-bond donors (Lipinski definition) is 2. The zero-order valence-corrected chi connectivity index (χ0v) is 11.4. The van der Waals surface area contributed by atoms with Crippen LogP contribution in [-0.4, -0.2) is 23.6 Å². The van der Waals surface area contributed by atoms with Gasteiger partial charge >= 0.3 is 0 Å². The highest BCUT2D eigenvalue weighted by Crippen LogP contribution is 2.09. The van der Waals surface area contributed by atoms with Crippen molar-refractivity contribution in [2.75, 3.05) is 13.1 Å². The summed E-state index contributed by atoms with van der Waals surface area (Å²) in [4.78, 5) is 4.43. The van der Waals surface area contributed by atoms with Gasteiger partial charge in [0, 0.05) is 36.1 Å². The van der Waals surface area contributed by atoms with Crippen LogP contribution in [0.4, 0.5) is 0 Å². The minimum absolute atomic E-state index is 0.0758. The number of aryl methyl sites for hydroxylation is 1. The van der Waals surface area contributed by atoms with Crippen LogP contribution in [0.3, 0.4) is 0 Å². The summed E-state index contributed by atoms with van der Waals surface area (Å²) < 4.78 is 0. The minimum Gasteiger partial charge on any atom is -0.324 e. The van der Waals surface area contributed by atoms with Crippen molar-refractivity contribution in [2.45, 2.75) is 45.6 Å². The van der Waals surface area contributed by atoms with E-state index in [4.69, 9.17) is 5.73 Å². The van der Waals surface area contributed by atoms with Crippen molar-refractivity contribution < 1.29 is 0 Å². The first kappa shape index (κ1) is 13.6. The summed E-state index contributed by atoms with van der Waals surface area (Å²) in [6, 6.07) is 0. The van der Waals surface area contributed by atoms with Gasteiger partial charge in [-0.3, -0.25) is 0 Å². The van der Waals surface area contributed by atoms with Gasteiger partial charge in [-0.15, -0.1) is 11.3 Å². The number of thiazole rings is 1. The first-order valence-electron chi connectivity index (χ1n) is 5.94. The van der Waals surface area contributed by atoms with Crippen LogP contribution in [0.15, 0.2) is 5.38 Å². The van der Waals surface area contributed by atoms with Crippen molar-refractivity contribution in [3.05, 3.63) is 16.1 Å². The zero-order valence-electron chi connectivity index (χ0n) is 10.5. The Kier molecular flexibility index (Phi) is 5.38. The standard InChI is InChI=1S/C12H23N3S/c1-4-6-12(3,13)9-14-7-5-11-15-10(2)8-16-11/h8,14H,4-7,9,13H2,1-3H3. The van der Waals surface area contributed by atoms with Gasteiger partial charge in [0.25, 0.3) is 0 Å². The van der Waals surface area contributed by atoms with Crippen LogP contribution in [0, 0.1) is 6.92 Å². The van der Waals surface area contributed by atoms with E-state index >= 15 is 0 Å². The number of nitrogens with two attached hydrogens (primary N) is 1. The Bertz CT molecular complexity index is 307. The number of rotatable bonds is 7. The van der Waals surface area contributed by atoms with Gasteiger partial charge in [-0.2, -0.15) is 0 Å². The molecule has 3 nitrogen and oxygen atoms in total. The molecule has 4 heteroatoms. The molecule has 1 rings (SSSR count). The van der Waals surface area contributed by atoms with Crippen molar-refractivity contribution in [1.29, 1.82) is 0 Å². The molecule has 0 bridgehead atoms. The third-order valence-corrected chi connectivity index (χ3v) is 3.56. The molecule has 1 atom stereocenters. The fourth-order valence-corrected chi connectivity index (χ4v) is 2.52. The molecule has 0 saturated carbocycles. The summed E-state index contributed by atoms with van der Waals surface area (Å²) in [7, 11) is 0. The van der Waals surface area contributed by atoms with Crippen LogP contribution in [0.1, 0.15) is 37.4 Å². The van der Waals surface area contributed by atoms with Gasteiger partial charge in [0.1, 0.15) is 0 Å². The second kappa shape index (κ2) is 6.33. The Labute approximate surface area is 102 Å². The second-order valence-electron chi connectivity index (χ2n) is 4.71. The van der Waals surface area contributed by atoms with E-state index in [0.717, 1.165) is 38.0 Å². The number of hydrogen-bond acceptors (Lipinski definition) is 4. The van der Waals surface area contributed by atoms with E-state index < -0.39 is 0 Å². The molecule has 1 heterocycles. The van der Waals surface area contributed by atoms with Gasteiger partial charge in [-0.05, 0) is 20.3 Å². The summed E-state index contributed by atoms with van der Waals surface area (Å²) in [6.45, 7) is 8.15. The smallest absolute Gasteiger partial charge is 0.0940 e. The van der Waals surface area contributed by atoms with E-state index in [1.807, 2.05) is 6.92 Å². The SMILES string of the molecule is CCCC(C)(N)CNCCc1nc(C)cs1. The van der Waals surface area contributed by atoms with E-state index in [2.05, 4.69) is 29.5 Å². The lowest BCUT2D eigenvalue weighted by atomic mass is 9.98. The molecule has 1 unspecified atom stereocenters. The van der Waals surface area contributed by atoms with Crippen molar-refractivity contribution in [3.8, 4) is 0 Å². The molecule has 0 amide bonds. The number of nitrogens with zero attached hydrogens (tertiary/aromatic N) is 1. The van der Waals surface area contributed by atoms with Gasteiger partial charge in [0.05, 0.1) is 5.01 Å². The van der Waals surface area contributed by atoms with Gasteiger partial charge < -0.3 is 11.1 Å². The Morgan fingerprint density at radius 3 is 2.88 bits per heavy atom. The predicted molar refractivity (Wildman–Crippen MR) is 70.9 cm³/mol. The second-order valence-corrected chi connectivity index (χ2v) is 5.66. The lowest BCUT2D eigenvalue weighted by Crippen LogP contribution is -2.46. The summed E-state index contributed by atoms with van der Waals surface area (Å²) in [6.07, 6.45) is 3.21. The minimum atomic E-state index is -0.0758. The van der Waals surface area contributed by atoms with E-state index in [1.165, 1.54) is 5.01 Å². The van der Waals surface area contributed by atoms with Gasteiger partial charge in [0.15, 0.2) is 0 Å². The monoisotopic (exact) mass is 241 g/mol.